The number of carbonyl (C=O) groups is 4. The highest BCUT2D eigenvalue weighted by Gasteiger charge is 2.58. The fourth-order valence-electron chi connectivity index (χ4n) is 9.18. The molecule has 3 amide bonds. The van der Waals surface area contributed by atoms with E-state index < -0.39 is 43.4 Å². The molecule has 1 aliphatic carbocycles. The summed E-state index contributed by atoms with van der Waals surface area (Å²) in [6.45, 7) is 7.91. The number of pyridine rings is 1. The van der Waals surface area contributed by atoms with Crippen molar-refractivity contribution in [2.75, 3.05) is 13.2 Å². The van der Waals surface area contributed by atoms with Gasteiger partial charge in [0.1, 0.15) is 23.9 Å². The number of hydrogen-bond donors (Lipinski definition) is 2. The lowest BCUT2D eigenvalue weighted by molar-refractivity contribution is -0.148. The van der Waals surface area contributed by atoms with E-state index in [2.05, 4.69) is 26.4 Å². The van der Waals surface area contributed by atoms with Gasteiger partial charge in [0.25, 0.3) is 5.91 Å². The van der Waals surface area contributed by atoms with Crippen molar-refractivity contribution in [2.24, 2.45) is 5.41 Å². The second-order valence-electron chi connectivity index (χ2n) is 18.4. The van der Waals surface area contributed by atoms with Crippen molar-refractivity contribution in [1.29, 1.82) is 0 Å². The molecule has 3 aliphatic heterocycles. The van der Waals surface area contributed by atoms with Crippen LogP contribution in [0.15, 0.2) is 79.1 Å². The number of halogens is 1. The van der Waals surface area contributed by atoms with Gasteiger partial charge >= 0.3 is 13.5 Å². The Labute approximate surface area is 360 Å². The molecule has 4 aromatic rings. The van der Waals surface area contributed by atoms with Crippen molar-refractivity contribution < 1.29 is 37.4 Å². The van der Waals surface area contributed by atoms with Gasteiger partial charge in [-0.25, -0.2) is 9.48 Å². The van der Waals surface area contributed by atoms with E-state index in [9.17, 15) is 23.7 Å². The molecule has 3 saturated heterocycles. The molecule has 1 spiro atoms. The highest BCUT2D eigenvalue weighted by atomic mass is 32.1. The summed E-state index contributed by atoms with van der Waals surface area (Å²) < 4.78 is 43.0. The van der Waals surface area contributed by atoms with Gasteiger partial charge in [-0.1, -0.05) is 63.9 Å². The topological polar surface area (TPSA) is 147 Å². The standard InChI is InChI=1S/C46H55FN5O7PS/c1-29(44(56)58-28-45(2,3)4)50-60(57,59-35-13-6-5-7-14-35)40(47)30-16-19-38-32(23-30)24-39(61-38)41(53)49-36-15-9-8-12-34-17-18-37(52(34)42(36)54)43(55)51-27-33(25-46(51)20-21-46)31-11-10-22-48-26-31/h5-7,10-11,13-14,16,19,22-24,26,29,33-34,36-37,40H,8-9,12,15,17-18,20-21,25,27-28H2,1-4H3,(H,49,53)(H,50,57)/t29-,33-,34-,36?,37-,40+,60?/m0/s1. The fourth-order valence-corrected chi connectivity index (χ4v) is 12.0. The van der Waals surface area contributed by atoms with E-state index in [0.29, 0.717) is 34.3 Å². The van der Waals surface area contributed by atoms with Crippen LogP contribution in [0.3, 0.4) is 0 Å². The van der Waals surface area contributed by atoms with E-state index in [1.54, 1.807) is 53.6 Å². The molecular weight excluding hydrogens is 817 g/mol. The Hall–Kier alpha value is -4.65. The summed E-state index contributed by atoms with van der Waals surface area (Å²) >= 11 is 1.20. The zero-order chi connectivity index (χ0) is 43.1. The van der Waals surface area contributed by atoms with E-state index in [-0.39, 0.29) is 52.6 Å². The number of para-hydroxylation sites is 1. The van der Waals surface area contributed by atoms with Crippen molar-refractivity contribution in [3.63, 3.8) is 0 Å². The molecule has 1 saturated carbocycles. The Morgan fingerprint density at radius 3 is 2.51 bits per heavy atom. The van der Waals surface area contributed by atoms with Crippen LogP contribution in [0, 0.1) is 5.41 Å². The van der Waals surface area contributed by atoms with Crippen LogP contribution in [-0.2, 0) is 23.7 Å². The average Bonchev–Trinajstić information content (AvgIpc) is 3.53. The molecule has 0 radical (unpaired) electrons. The first-order valence-electron chi connectivity index (χ1n) is 21.4. The normalized spacial score (nSPS) is 24.3. The lowest BCUT2D eigenvalue weighted by Crippen LogP contribution is -2.57. The number of likely N-dealkylation sites (tertiary alicyclic amines) is 1. The maximum absolute atomic E-state index is 16.7. The Morgan fingerprint density at radius 2 is 1.79 bits per heavy atom. The van der Waals surface area contributed by atoms with Gasteiger partial charge in [-0.3, -0.25) is 28.7 Å². The van der Waals surface area contributed by atoms with Gasteiger partial charge in [0, 0.05) is 41.1 Å². The third-order valence-corrected chi connectivity index (χ3v) is 15.7. The number of nitrogens with one attached hydrogen (secondary N) is 2. The largest absolute Gasteiger partial charge is 0.464 e. The number of aromatic nitrogens is 1. The van der Waals surface area contributed by atoms with Crippen LogP contribution in [0.25, 0.3) is 10.1 Å². The number of ether oxygens (including phenoxy) is 1. The molecule has 2 N–H and O–H groups in total. The molecule has 12 nitrogen and oxygen atoms in total. The van der Waals surface area contributed by atoms with Crippen molar-refractivity contribution >= 4 is 52.6 Å². The number of amides is 3. The molecule has 4 fully saturated rings. The van der Waals surface area contributed by atoms with E-state index in [1.807, 2.05) is 33.0 Å². The van der Waals surface area contributed by atoms with Crippen LogP contribution in [0.1, 0.15) is 118 Å². The first kappa shape index (κ1) is 43.0. The number of hydrogen-bond acceptors (Lipinski definition) is 9. The lowest BCUT2D eigenvalue weighted by atomic mass is 9.97. The molecule has 5 heterocycles. The molecular formula is C46H55FN5O7PS. The first-order valence-corrected chi connectivity index (χ1v) is 23.9. The molecule has 4 aliphatic rings. The molecule has 2 aromatic heterocycles. The summed E-state index contributed by atoms with van der Waals surface area (Å²) in [5.41, 5.74) is 0.703. The first-order chi connectivity index (χ1) is 29.1. The minimum Gasteiger partial charge on any atom is -0.464 e. The molecule has 8 rings (SSSR count). The van der Waals surface area contributed by atoms with Gasteiger partial charge in [-0.05, 0) is 110 Å². The number of fused-ring (bicyclic) bond motifs is 2. The zero-order valence-corrected chi connectivity index (χ0v) is 36.9. The smallest absolute Gasteiger partial charge is 0.355 e. The predicted octanol–water partition coefficient (Wildman–Crippen LogP) is 8.68. The van der Waals surface area contributed by atoms with Crippen molar-refractivity contribution in [2.45, 2.75) is 127 Å². The average molecular weight is 872 g/mol. The summed E-state index contributed by atoms with van der Waals surface area (Å²) in [6.07, 6.45) is 10.8. The second kappa shape index (κ2) is 17.3. The molecule has 0 bridgehead atoms. The number of esters is 1. The number of alkyl halides is 1. The van der Waals surface area contributed by atoms with Gasteiger partial charge in [0.15, 0.2) is 0 Å². The van der Waals surface area contributed by atoms with Gasteiger partial charge in [0.2, 0.25) is 17.7 Å². The molecule has 324 valence electrons. The van der Waals surface area contributed by atoms with Crippen LogP contribution in [-0.4, -0.2) is 81.3 Å². The molecule has 61 heavy (non-hydrogen) atoms. The maximum atomic E-state index is 16.7. The second-order valence-corrected chi connectivity index (χ2v) is 21.6. The Kier molecular flexibility index (Phi) is 12.2. The minimum absolute atomic E-state index is 0.0145. The van der Waals surface area contributed by atoms with Crippen LogP contribution < -0.4 is 14.9 Å². The number of nitrogens with zero attached hydrogens (tertiary/aromatic N) is 3. The van der Waals surface area contributed by atoms with E-state index in [1.165, 1.54) is 30.4 Å². The predicted molar refractivity (Wildman–Crippen MR) is 232 cm³/mol. The zero-order valence-electron chi connectivity index (χ0n) is 35.2. The minimum atomic E-state index is -4.47. The summed E-state index contributed by atoms with van der Waals surface area (Å²) in [6, 6.07) is 15.9. The summed E-state index contributed by atoms with van der Waals surface area (Å²) in [5.74, 6) is -3.16. The maximum Gasteiger partial charge on any atom is 0.355 e. The van der Waals surface area contributed by atoms with Crippen molar-refractivity contribution in [3.05, 3.63) is 95.1 Å². The summed E-state index contributed by atoms with van der Waals surface area (Å²) in [5, 5.41) is 6.17. The lowest BCUT2D eigenvalue weighted by Gasteiger charge is -2.37. The Bertz CT molecular complexity index is 2320. The van der Waals surface area contributed by atoms with E-state index in [4.69, 9.17) is 9.26 Å². The molecule has 7 atom stereocenters. The highest BCUT2D eigenvalue weighted by Crippen LogP contribution is 2.58. The van der Waals surface area contributed by atoms with Gasteiger partial charge in [-0.2, -0.15) is 0 Å². The van der Waals surface area contributed by atoms with Gasteiger partial charge in [0.05, 0.1) is 11.5 Å². The molecule has 15 heteroatoms. The van der Waals surface area contributed by atoms with Crippen molar-refractivity contribution in [1.82, 2.24) is 25.2 Å². The number of carbonyl (C=O) groups excluding carboxylic acids is 4. The van der Waals surface area contributed by atoms with Crippen LogP contribution in [0.2, 0.25) is 0 Å². The van der Waals surface area contributed by atoms with E-state index >= 15 is 4.39 Å². The highest BCUT2D eigenvalue weighted by molar-refractivity contribution is 7.57. The van der Waals surface area contributed by atoms with E-state index in [0.717, 1.165) is 50.5 Å². The number of thiophene rings is 1. The third-order valence-electron chi connectivity index (χ3n) is 12.5. The van der Waals surface area contributed by atoms with Crippen LogP contribution in [0.5, 0.6) is 5.75 Å². The quantitative estimate of drug-likeness (QED) is 0.105. The number of rotatable bonds is 12. The SMILES string of the molecule is C[C@H](NP(=O)(Oc1ccccc1)[C@@H](F)c1ccc2sc(C(=O)NC3CCCC[C@H]4CC[C@@H](C(=O)N5C[C@@H](c6cccnc6)CC56CC6)N4C3=O)cc2c1)C(=O)OCC(C)(C)C. The Balaban J connectivity index is 0.976. The van der Waals surface area contributed by atoms with Gasteiger partial charge in [-0.15, -0.1) is 11.3 Å². The fraction of sp³-hybridized carbons (Fsp3) is 0.500. The summed E-state index contributed by atoms with van der Waals surface area (Å²) in [4.78, 5) is 64.3. The summed E-state index contributed by atoms with van der Waals surface area (Å²) in [7, 11) is -4.47. The van der Waals surface area contributed by atoms with Crippen molar-refractivity contribution in [3.8, 4) is 5.75 Å². The number of benzene rings is 2. The van der Waals surface area contributed by atoms with Crippen LogP contribution in [0.4, 0.5) is 4.39 Å². The molecule has 2 aromatic carbocycles. The molecule has 2 unspecified atom stereocenters. The third kappa shape index (κ3) is 9.27. The Morgan fingerprint density at radius 1 is 1.02 bits per heavy atom. The van der Waals surface area contributed by atoms with Gasteiger partial charge < -0.3 is 24.4 Å². The monoisotopic (exact) mass is 871 g/mol. The van der Waals surface area contributed by atoms with Crippen LogP contribution >= 0.6 is 18.9 Å².